The predicted molar refractivity (Wildman–Crippen MR) is 176 cm³/mol. The van der Waals surface area contributed by atoms with E-state index in [2.05, 4.69) is 83.2 Å². The number of nitrogens with zero attached hydrogens (tertiary/aromatic N) is 3. The second-order valence-corrected chi connectivity index (χ2v) is 13.6. The van der Waals surface area contributed by atoms with E-state index < -0.39 is 0 Å². The topological polar surface area (TPSA) is 59.4 Å². The molecule has 1 amide bonds. The smallest absolute Gasteiger partial charge is 0.257 e. The molecule has 1 N–H and O–H groups in total. The van der Waals surface area contributed by atoms with Crippen LogP contribution in [0.1, 0.15) is 92.5 Å². The van der Waals surface area contributed by atoms with Crippen molar-refractivity contribution in [3.63, 3.8) is 0 Å². The summed E-state index contributed by atoms with van der Waals surface area (Å²) in [7, 11) is 0. The van der Waals surface area contributed by atoms with Gasteiger partial charge in [0.05, 0.1) is 23.2 Å². The number of carbonyl (C=O) groups is 1. The quantitative estimate of drug-likeness (QED) is 0.218. The highest BCUT2D eigenvalue weighted by Gasteiger charge is 2.48. The summed E-state index contributed by atoms with van der Waals surface area (Å²) in [5.41, 5.74) is 4.70. The Hall–Kier alpha value is -3.64. The van der Waals surface area contributed by atoms with E-state index in [-0.39, 0.29) is 16.9 Å². The van der Waals surface area contributed by atoms with Gasteiger partial charge in [-0.3, -0.25) is 4.79 Å². The van der Waals surface area contributed by atoms with Crippen LogP contribution in [0.25, 0.3) is 11.0 Å². The van der Waals surface area contributed by atoms with Gasteiger partial charge >= 0.3 is 0 Å². The maximum absolute atomic E-state index is 13.7. The van der Waals surface area contributed by atoms with Crippen molar-refractivity contribution >= 4 is 16.9 Å². The normalized spacial score (nSPS) is 24.5. The van der Waals surface area contributed by atoms with Gasteiger partial charge < -0.3 is 19.5 Å². The maximum atomic E-state index is 13.7. The van der Waals surface area contributed by atoms with E-state index in [1.807, 2.05) is 24.3 Å². The van der Waals surface area contributed by atoms with Gasteiger partial charge in [0.1, 0.15) is 11.6 Å². The number of carbonyl (C=O) groups excluding carboxylic acids is 1. The number of amides is 1. The van der Waals surface area contributed by atoms with Crippen molar-refractivity contribution in [3.05, 3.63) is 95.8 Å². The summed E-state index contributed by atoms with van der Waals surface area (Å²) in [6, 6.07) is 28.5. The zero-order chi connectivity index (χ0) is 30.1. The third kappa shape index (κ3) is 5.42. The number of ether oxygens (including phenoxy) is 1. The Balaban J connectivity index is 1.10. The molecule has 3 fully saturated rings. The first-order valence-electron chi connectivity index (χ1n) is 16.8. The minimum Gasteiger partial charge on any atom is -0.493 e. The molecule has 3 unspecified atom stereocenters. The highest BCUT2D eigenvalue weighted by Crippen LogP contribution is 2.48. The number of para-hydroxylation sites is 3. The van der Waals surface area contributed by atoms with Gasteiger partial charge in [0.2, 0.25) is 0 Å². The van der Waals surface area contributed by atoms with Crippen LogP contribution in [0.2, 0.25) is 0 Å². The molecule has 4 aromatic rings. The lowest BCUT2D eigenvalue weighted by Gasteiger charge is -2.46. The molecule has 1 aromatic heterocycles. The summed E-state index contributed by atoms with van der Waals surface area (Å²) in [6.07, 6.45) is 9.98. The highest BCUT2D eigenvalue weighted by molar-refractivity contribution is 5.97. The Morgan fingerprint density at radius 1 is 0.955 bits per heavy atom. The summed E-state index contributed by atoms with van der Waals surface area (Å²) >= 11 is 0. The van der Waals surface area contributed by atoms with Gasteiger partial charge in [-0.2, -0.15) is 0 Å². The lowest BCUT2D eigenvalue weighted by atomic mass is 9.67. The SMILES string of the molecule is CCCOc1ccccc1C(=O)N1CCC(CCC23CCC(CC(n4c(C)nc5ccccc54)C2)N3)(c2ccccc2)CC1. The van der Waals surface area contributed by atoms with Crippen LogP contribution < -0.4 is 10.1 Å². The Morgan fingerprint density at radius 3 is 2.52 bits per heavy atom. The van der Waals surface area contributed by atoms with Crippen LogP contribution in [0.3, 0.4) is 0 Å². The van der Waals surface area contributed by atoms with Crippen LogP contribution in [0.5, 0.6) is 5.75 Å². The number of rotatable bonds is 9. The fourth-order valence-corrected chi connectivity index (χ4v) is 8.59. The fourth-order valence-electron chi connectivity index (χ4n) is 8.59. The summed E-state index contributed by atoms with van der Waals surface area (Å²) < 4.78 is 8.48. The third-order valence-electron chi connectivity index (χ3n) is 10.9. The molecule has 3 saturated heterocycles. The first-order valence-corrected chi connectivity index (χ1v) is 16.8. The molecule has 0 radical (unpaired) electrons. The van der Waals surface area contributed by atoms with Gasteiger partial charge in [-0.25, -0.2) is 4.98 Å². The number of likely N-dealkylation sites (tertiary alicyclic amines) is 1. The highest BCUT2D eigenvalue weighted by atomic mass is 16.5. The Bertz CT molecular complexity index is 1610. The van der Waals surface area contributed by atoms with Gasteiger partial charge in [-0.15, -0.1) is 0 Å². The largest absolute Gasteiger partial charge is 0.493 e. The summed E-state index contributed by atoms with van der Waals surface area (Å²) in [6.45, 7) is 6.41. The van der Waals surface area contributed by atoms with E-state index in [0.717, 1.165) is 63.0 Å². The van der Waals surface area contributed by atoms with Gasteiger partial charge in [-0.1, -0.05) is 61.5 Å². The Kier molecular flexibility index (Phi) is 7.96. The van der Waals surface area contributed by atoms with Crippen molar-refractivity contribution in [1.82, 2.24) is 19.8 Å². The van der Waals surface area contributed by atoms with Gasteiger partial charge in [0, 0.05) is 30.7 Å². The van der Waals surface area contributed by atoms with E-state index in [9.17, 15) is 4.79 Å². The lowest BCUT2D eigenvalue weighted by molar-refractivity contribution is 0.0639. The second kappa shape index (κ2) is 12.0. The average molecular weight is 591 g/mol. The first-order chi connectivity index (χ1) is 21.5. The molecule has 6 nitrogen and oxygen atoms in total. The molecular formula is C38H46N4O2. The number of aromatic nitrogens is 2. The van der Waals surface area contributed by atoms with Crippen molar-refractivity contribution in [2.45, 2.75) is 94.7 Å². The Labute approximate surface area is 261 Å². The van der Waals surface area contributed by atoms with Crippen molar-refractivity contribution in [1.29, 1.82) is 0 Å². The predicted octanol–water partition coefficient (Wildman–Crippen LogP) is 7.61. The molecule has 3 aliphatic heterocycles. The number of nitrogens with one attached hydrogen (secondary N) is 1. The van der Waals surface area contributed by atoms with Crippen molar-refractivity contribution in [2.24, 2.45) is 0 Å². The molecule has 4 heterocycles. The third-order valence-corrected chi connectivity index (χ3v) is 10.9. The molecule has 230 valence electrons. The number of hydrogen-bond donors (Lipinski definition) is 1. The molecule has 6 heteroatoms. The Morgan fingerprint density at radius 2 is 1.70 bits per heavy atom. The van der Waals surface area contributed by atoms with Crippen LogP contribution >= 0.6 is 0 Å². The van der Waals surface area contributed by atoms with Crippen LogP contribution in [-0.4, -0.2) is 51.6 Å². The van der Waals surface area contributed by atoms with E-state index >= 15 is 0 Å². The van der Waals surface area contributed by atoms with E-state index in [1.54, 1.807) is 0 Å². The number of fused-ring (bicyclic) bond motifs is 3. The van der Waals surface area contributed by atoms with Crippen molar-refractivity contribution in [2.75, 3.05) is 19.7 Å². The van der Waals surface area contributed by atoms with E-state index in [0.29, 0.717) is 30.0 Å². The van der Waals surface area contributed by atoms with Gasteiger partial charge in [0.25, 0.3) is 5.91 Å². The van der Waals surface area contributed by atoms with Gasteiger partial charge in [0.15, 0.2) is 0 Å². The fraction of sp³-hybridized carbons (Fsp3) is 0.474. The van der Waals surface area contributed by atoms with Crippen LogP contribution in [0, 0.1) is 6.92 Å². The molecular weight excluding hydrogens is 544 g/mol. The van der Waals surface area contributed by atoms with Crippen molar-refractivity contribution in [3.8, 4) is 5.75 Å². The molecule has 3 aromatic carbocycles. The van der Waals surface area contributed by atoms with Gasteiger partial charge in [-0.05, 0) is 100.0 Å². The average Bonchev–Trinajstić information content (AvgIpc) is 3.57. The molecule has 44 heavy (non-hydrogen) atoms. The molecule has 3 aliphatic rings. The number of piperidine rings is 2. The second-order valence-electron chi connectivity index (χ2n) is 13.6. The summed E-state index contributed by atoms with van der Waals surface area (Å²) in [4.78, 5) is 20.7. The number of imidazole rings is 1. The van der Waals surface area contributed by atoms with E-state index in [1.165, 1.54) is 30.3 Å². The molecule has 0 aliphatic carbocycles. The number of benzene rings is 3. The van der Waals surface area contributed by atoms with Crippen LogP contribution in [0.4, 0.5) is 0 Å². The zero-order valence-corrected chi connectivity index (χ0v) is 26.3. The standard InChI is InChI=1S/C38H46N4O2/c1-3-25-44-35-16-10-7-13-32(35)36(43)41-23-21-37(22-24-41,29-11-5-4-6-12-29)19-20-38-18-17-30(40-38)26-31(27-38)42-28(2)39-33-14-8-9-15-34(33)42/h4-16,30-31,40H,3,17-27H2,1-2H3. The molecule has 2 bridgehead atoms. The zero-order valence-electron chi connectivity index (χ0n) is 26.3. The molecule has 0 saturated carbocycles. The molecule has 7 rings (SSSR count). The monoisotopic (exact) mass is 590 g/mol. The van der Waals surface area contributed by atoms with Crippen LogP contribution in [-0.2, 0) is 5.41 Å². The molecule has 0 spiro atoms. The van der Waals surface area contributed by atoms with E-state index in [4.69, 9.17) is 9.72 Å². The number of aryl methyl sites for hydroxylation is 1. The first kappa shape index (κ1) is 29.1. The minimum atomic E-state index is 0.0648. The summed E-state index contributed by atoms with van der Waals surface area (Å²) in [5.74, 6) is 1.93. The van der Waals surface area contributed by atoms with Crippen molar-refractivity contribution < 1.29 is 9.53 Å². The molecule has 3 atom stereocenters. The maximum Gasteiger partial charge on any atom is 0.257 e. The van der Waals surface area contributed by atoms with Crippen LogP contribution in [0.15, 0.2) is 78.9 Å². The summed E-state index contributed by atoms with van der Waals surface area (Å²) in [5, 5.41) is 4.13. The number of hydrogen-bond acceptors (Lipinski definition) is 4. The lowest BCUT2D eigenvalue weighted by Crippen LogP contribution is -2.51. The minimum absolute atomic E-state index is 0.0648.